The van der Waals surface area contributed by atoms with E-state index in [2.05, 4.69) is 15.4 Å². The number of aryl methyl sites for hydroxylation is 1. The second kappa shape index (κ2) is 4.26. The summed E-state index contributed by atoms with van der Waals surface area (Å²) in [6.07, 6.45) is -0.546. The summed E-state index contributed by atoms with van der Waals surface area (Å²) >= 11 is 0. The molecule has 3 rings (SSSR count). The van der Waals surface area contributed by atoms with E-state index in [0.717, 1.165) is 5.56 Å². The number of rotatable bonds is 3. The van der Waals surface area contributed by atoms with Crippen LogP contribution >= 0.6 is 0 Å². The van der Waals surface area contributed by atoms with Gasteiger partial charge in [0.25, 0.3) is 0 Å². The number of fused-ring (bicyclic) bond motifs is 1. The fourth-order valence-corrected chi connectivity index (χ4v) is 1.79. The van der Waals surface area contributed by atoms with E-state index in [1.54, 1.807) is 25.2 Å². The first-order valence-electron chi connectivity index (χ1n) is 5.53. The molecule has 1 aliphatic heterocycles. The predicted molar refractivity (Wildman–Crippen MR) is 60.0 cm³/mol. The van der Waals surface area contributed by atoms with Crippen LogP contribution in [-0.4, -0.2) is 31.9 Å². The van der Waals surface area contributed by atoms with E-state index in [1.807, 2.05) is 0 Å². The first-order valence-corrected chi connectivity index (χ1v) is 5.53. The van der Waals surface area contributed by atoms with Crippen molar-refractivity contribution in [2.75, 3.05) is 6.61 Å². The van der Waals surface area contributed by atoms with Crippen molar-refractivity contribution < 1.29 is 14.6 Å². The Balaban J connectivity index is 1.70. The van der Waals surface area contributed by atoms with E-state index in [4.69, 9.17) is 9.47 Å². The molecule has 0 spiro atoms. The smallest absolute Gasteiger partial charge is 0.212 e. The van der Waals surface area contributed by atoms with Gasteiger partial charge in [0.15, 0.2) is 6.61 Å². The molecule has 0 aliphatic carbocycles. The minimum Gasteiger partial charge on any atom is -0.490 e. The third-order valence-electron chi connectivity index (χ3n) is 2.66. The quantitative estimate of drug-likeness (QED) is 0.836. The van der Waals surface area contributed by atoms with Crippen molar-refractivity contribution in [3.05, 3.63) is 29.6 Å². The van der Waals surface area contributed by atoms with E-state index in [9.17, 15) is 5.11 Å². The molecule has 0 fully saturated rings. The van der Waals surface area contributed by atoms with E-state index in [-0.39, 0.29) is 6.61 Å². The number of hydrogen-bond donors (Lipinski definition) is 1. The summed E-state index contributed by atoms with van der Waals surface area (Å²) in [5, 5.41) is 21.1. The highest BCUT2D eigenvalue weighted by Gasteiger charge is 2.22. The fourth-order valence-electron chi connectivity index (χ4n) is 1.79. The zero-order valence-electron chi connectivity index (χ0n) is 9.78. The van der Waals surface area contributed by atoms with Crippen LogP contribution < -0.4 is 9.47 Å². The van der Waals surface area contributed by atoms with Gasteiger partial charge >= 0.3 is 0 Å². The van der Waals surface area contributed by atoms with Gasteiger partial charge in [-0.1, -0.05) is 0 Å². The van der Waals surface area contributed by atoms with Crippen molar-refractivity contribution in [2.45, 2.75) is 12.7 Å². The standard InChI is InChI=1S/C11H12N4O3/c1-15-13-11(12-14-15)6-17-7-2-3-8-9(16)5-18-10(8)4-7/h2-4,9,16H,5-6H2,1H3. The molecule has 1 aromatic heterocycles. The Kier molecular flexibility index (Phi) is 2.60. The van der Waals surface area contributed by atoms with E-state index in [0.29, 0.717) is 23.9 Å². The number of aliphatic hydroxyl groups excluding tert-OH is 1. The van der Waals surface area contributed by atoms with Crippen LogP contribution in [-0.2, 0) is 13.7 Å². The van der Waals surface area contributed by atoms with Crippen LogP contribution in [0, 0.1) is 0 Å². The lowest BCUT2D eigenvalue weighted by Crippen LogP contribution is -1.99. The number of hydrogen-bond acceptors (Lipinski definition) is 6. The molecule has 1 aliphatic rings. The molecule has 1 atom stereocenters. The topological polar surface area (TPSA) is 82.3 Å². The molecule has 0 amide bonds. The maximum absolute atomic E-state index is 9.59. The zero-order chi connectivity index (χ0) is 12.5. The van der Waals surface area contributed by atoms with E-state index >= 15 is 0 Å². The van der Waals surface area contributed by atoms with Gasteiger partial charge in [0, 0.05) is 11.6 Å². The van der Waals surface area contributed by atoms with Crippen LogP contribution in [0.4, 0.5) is 0 Å². The second-order valence-corrected chi connectivity index (χ2v) is 4.01. The van der Waals surface area contributed by atoms with Gasteiger partial charge in [0.2, 0.25) is 5.82 Å². The molecule has 7 nitrogen and oxygen atoms in total. The Labute approximate surface area is 103 Å². The molecule has 2 aromatic rings. The Hall–Kier alpha value is -2.15. The number of aromatic nitrogens is 4. The third kappa shape index (κ3) is 2.00. The lowest BCUT2D eigenvalue weighted by Gasteiger charge is -2.05. The average Bonchev–Trinajstić information content (AvgIpc) is 2.94. The Morgan fingerprint density at radius 3 is 3.22 bits per heavy atom. The highest BCUT2D eigenvalue weighted by atomic mass is 16.5. The van der Waals surface area contributed by atoms with Gasteiger partial charge < -0.3 is 14.6 Å². The number of nitrogens with zero attached hydrogens (tertiary/aromatic N) is 4. The Bertz CT molecular complexity index is 569. The first kappa shape index (κ1) is 11.0. The second-order valence-electron chi connectivity index (χ2n) is 4.01. The lowest BCUT2D eigenvalue weighted by atomic mass is 10.1. The summed E-state index contributed by atoms with van der Waals surface area (Å²) < 4.78 is 10.9. The SMILES string of the molecule is Cn1nnc(COc2ccc3c(c2)OCC3O)n1. The van der Waals surface area contributed by atoms with Gasteiger partial charge in [0.05, 0.1) is 7.05 Å². The van der Waals surface area contributed by atoms with E-state index < -0.39 is 6.10 Å². The summed E-state index contributed by atoms with van der Waals surface area (Å²) in [4.78, 5) is 1.38. The van der Waals surface area contributed by atoms with Gasteiger partial charge in [-0.05, 0) is 17.3 Å². The van der Waals surface area contributed by atoms with Crippen molar-refractivity contribution in [1.29, 1.82) is 0 Å². The maximum Gasteiger partial charge on any atom is 0.212 e. The number of tetrazole rings is 1. The summed E-state index contributed by atoms with van der Waals surface area (Å²) in [5.74, 6) is 1.82. The molecule has 7 heteroatoms. The van der Waals surface area contributed by atoms with Crippen LogP contribution in [0.3, 0.4) is 0 Å². The summed E-state index contributed by atoms with van der Waals surface area (Å²) in [6, 6.07) is 5.33. The Morgan fingerprint density at radius 1 is 1.56 bits per heavy atom. The number of benzene rings is 1. The molecule has 2 heterocycles. The van der Waals surface area contributed by atoms with Gasteiger partial charge in [-0.3, -0.25) is 0 Å². The van der Waals surface area contributed by atoms with Gasteiger partial charge in [-0.15, -0.1) is 10.2 Å². The zero-order valence-corrected chi connectivity index (χ0v) is 9.78. The monoisotopic (exact) mass is 248 g/mol. The van der Waals surface area contributed by atoms with E-state index in [1.165, 1.54) is 4.80 Å². The average molecular weight is 248 g/mol. The molecule has 1 unspecified atom stereocenters. The summed E-state index contributed by atoms with van der Waals surface area (Å²) in [5.41, 5.74) is 0.792. The summed E-state index contributed by atoms with van der Waals surface area (Å²) in [6.45, 7) is 0.541. The molecule has 0 saturated carbocycles. The molecule has 0 radical (unpaired) electrons. The van der Waals surface area contributed by atoms with Gasteiger partial charge in [-0.2, -0.15) is 4.80 Å². The fraction of sp³-hybridized carbons (Fsp3) is 0.364. The normalized spacial score (nSPS) is 17.3. The van der Waals surface area contributed by atoms with Crippen molar-refractivity contribution in [3.63, 3.8) is 0 Å². The highest BCUT2D eigenvalue weighted by molar-refractivity contribution is 5.44. The molecule has 1 aromatic carbocycles. The van der Waals surface area contributed by atoms with Crippen LogP contribution in [0.5, 0.6) is 11.5 Å². The minimum absolute atomic E-state index is 0.245. The number of ether oxygens (including phenoxy) is 2. The molecule has 1 N–H and O–H groups in total. The maximum atomic E-state index is 9.59. The van der Waals surface area contributed by atoms with Crippen molar-refractivity contribution >= 4 is 0 Å². The number of aliphatic hydroxyl groups is 1. The van der Waals surface area contributed by atoms with Crippen molar-refractivity contribution in [1.82, 2.24) is 20.2 Å². The van der Waals surface area contributed by atoms with Crippen LogP contribution in [0.1, 0.15) is 17.5 Å². The molecule has 0 saturated heterocycles. The first-order chi connectivity index (χ1) is 8.72. The molecular weight excluding hydrogens is 236 g/mol. The Morgan fingerprint density at radius 2 is 2.44 bits per heavy atom. The molecule has 94 valence electrons. The van der Waals surface area contributed by atoms with Crippen molar-refractivity contribution in [3.8, 4) is 11.5 Å². The van der Waals surface area contributed by atoms with Crippen molar-refractivity contribution in [2.24, 2.45) is 7.05 Å². The molecule has 0 bridgehead atoms. The minimum atomic E-state index is -0.546. The van der Waals surface area contributed by atoms with Crippen LogP contribution in [0.2, 0.25) is 0 Å². The predicted octanol–water partition coefficient (Wildman–Crippen LogP) is 0.215. The largest absolute Gasteiger partial charge is 0.490 e. The van der Waals surface area contributed by atoms with Crippen LogP contribution in [0.15, 0.2) is 18.2 Å². The lowest BCUT2D eigenvalue weighted by molar-refractivity contribution is 0.140. The third-order valence-corrected chi connectivity index (χ3v) is 2.66. The van der Waals surface area contributed by atoms with Gasteiger partial charge in [0.1, 0.15) is 24.2 Å². The van der Waals surface area contributed by atoms with Crippen LogP contribution in [0.25, 0.3) is 0 Å². The molecular formula is C11H12N4O3. The highest BCUT2D eigenvalue weighted by Crippen LogP contribution is 2.35. The molecule has 18 heavy (non-hydrogen) atoms. The van der Waals surface area contributed by atoms with Gasteiger partial charge in [-0.25, -0.2) is 0 Å². The summed E-state index contributed by atoms with van der Waals surface area (Å²) in [7, 11) is 1.70.